The summed E-state index contributed by atoms with van der Waals surface area (Å²) in [7, 11) is 0. The lowest BCUT2D eigenvalue weighted by Gasteiger charge is -2.40. The number of nitrogens with one attached hydrogen (secondary N) is 1. The van der Waals surface area contributed by atoms with Crippen LogP contribution in [0.1, 0.15) is 32.6 Å². The van der Waals surface area contributed by atoms with E-state index in [1.807, 2.05) is 29.5 Å². The second-order valence-electron chi connectivity index (χ2n) is 7.69. The molecule has 1 aromatic rings. The van der Waals surface area contributed by atoms with Crippen molar-refractivity contribution in [3.8, 4) is 5.75 Å². The predicted octanol–water partition coefficient (Wildman–Crippen LogP) is 2.79. The number of carbonyl (C=O) groups is 2. The average Bonchev–Trinajstić information content (AvgIpc) is 2.76. The van der Waals surface area contributed by atoms with Gasteiger partial charge in [-0.2, -0.15) is 13.2 Å². The van der Waals surface area contributed by atoms with Gasteiger partial charge in [0.2, 0.25) is 11.8 Å². The number of para-hydroxylation sites is 1. The van der Waals surface area contributed by atoms with Crippen molar-refractivity contribution < 1.29 is 37.7 Å². The van der Waals surface area contributed by atoms with Crippen LogP contribution in [0.5, 0.6) is 5.75 Å². The van der Waals surface area contributed by atoms with E-state index in [-0.39, 0.29) is 31.6 Å². The van der Waals surface area contributed by atoms with Crippen molar-refractivity contribution in [2.75, 3.05) is 19.7 Å². The normalized spacial score (nSPS) is 20.7. The third kappa shape index (κ3) is 8.14. The Bertz CT molecular complexity index is 850. The van der Waals surface area contributed by atoms with Crippen LogP contribution in [-0.2, 0) is 9.59 Å². The minimum absolute atomic E-state index is 0.0484. The molecule has 3 unspecified atom stereocenters. The van der Waals surface area contributed by atoms with Crippen molar-refractivity contribution in [1.82, 2.24) is 10.2 Å². The van der Waals surface area contributed by atoms with Crippen LogP contribution in [0.15, 0.2) is 35.9 Å². The first-order chi connectivity index (χ1) is 15.6. The van der Waals surface area contributed by atoms with Crippen LogP contribution in [0.25, 0.3) is 0 Å². The van der Waals surface area contributed by atoms with Crippen molar-refractivity contribution in [1.29, 1.82) is 0 Å². The monoisotopic (exact) mass is 584 g/mol. The van der Waals surface area contributed by atoms with E-state index in [2.05, 4.69) is 5.32 Å². The lowest BCUT2D eigenvalue weighted by molar-refractivity contribution is -0.172. The second kappa shape index (κ2) is 12.6. The topological polar surface area (TPSA) is 99.1 Å². The summed E-state index contributed by atoms with van der Waals surface area (Å²) in [6.07, 6.45) is -5.35. The van der Waals surface area contributed by atoms with Gasteiger partial charge in [0, 0.05) is 25.0 Å². The summed E-state index contributed by atoms with van der Waals surface area (Å²) >= 11 is 2.02. The van der Waals surface area contributed by atoms with Gasteiger partial charge in [-0.15, -0.1) is 0 Å². The van der Waals surface area contributed by atoms with Crippen LogP contribution >= 0.6 is 22.6 Å². The van der Waals surface area contributed by atoms with Gasteiger partial charge in [0.05, 0.1) is 16.2 Å². The zero-order chi connectivity index (χ0) is 24.6. The number of ether oxygens (including phenoxy) is 1. The number of nitrogens with zero attached hydrogens (tertiary/aromatic N) is 1. The molecule has 0 saturated heterocycles. The summed E-state index contributed by atoms with van der Waals surface area (Å²) in [5, 5.41) is 22.4. The summed E-state index contributed by atoms with van der Waals surface area (Å²) in [6, 6.07) is 5.55. The molecule has 0 saturated carbocycles. The molecular formula is C22H28F3IN2O5. The van der Waals surface area contributed by atoms with Crippen LogP contribution in [0.3, 0.4) is 0 Å². The number of amides is 2. The first kappa shape index (κ1) is 27.4. The maximum Gasteiger partial charge on any atom is 0.406 e. The van der Waals surface area contributed by atoms with Gasteiger partial charge in [-0.05, 0) is 47.2 Å². The molecule has 0 aromatic heterocycles. The number of benzene rings is 1. The molecule has 2 rings (SSSR count). The Hall–Kier alpha value is -1.86. The fourth-order valence-electron chi connectivity index (χ4n) is 3.52. The molecule has 184 valence electrons. The smallest absolute Gasteiger partial charge is 0.406 e. The fraction of sp³-hybridized carbons (Fsp3) is 0.545. The van der Waals surface area contributed by atoms with Gasteiger partial charge >= 0.3 is 6.18 Å². The first-order valence-corrected chi connectivity index (χ1v) is 11.7. The molecule has 1 aromatic carbocycles. The van der Waals surface area contributed by atoms with Gasteiger partial charge in [0.15, 0.2) is 0 Å². The second-order valence-corrected chi connectivity index (χ2v) is 8.85. The van der Waals surface area contributed by atoms with Crippen molar-refractivity contribution in [2.45, 2.75) is 57.0 Å². The highest BCUT2D eigenvalue weighted by Crippen LogP contribution is 2.31. The zero-order valence-corrected chi connectivity index (χ0v) is 20.3. The summed E-state index contributed by atoms with van der Waals surface area (Å²) < 4.78 is 46.7. The molecule has 1 aliphatic rings. The molecule has 0 bridgehead atoms. The van der Waals surface area contributed by atoms with Crippen molar-refractivity contribution in [2.24, 2.45) is 0 Å². The van der Waals surface area contributed by atoms with E-state index in [1.165, 1.54) is 6.08 Å². The molecule has 0 heterocycles. The number of alkyl halides is 3. The Morgan fingerprint density at radius 1 is 1.30 bits per heavy atom. The number of rotatable bonds is 10. The SMILES string of the molecule is CCCCC(=O)N(CC(F)(F)F)C1CC(C(=O)NCCO)=CC(Oc2ccccc2I)C1O. The van der Waals surface area contributed by atoms with E-state index < -0.39 is 42.8 Å². The molecule has 2 amide bonds. The minimum atomic E-state index is -4.69. The van der Waals surface area contributed by atoms with Gasteiger partial charge in [-0.1, -0.05) is 25.5 Å². The highest BCUT2D eigenvalue weighted by molar-refractivity contribution is 14.1. The van der Waals surface area contributed by atoms with E-state index in [0.29, 0.717) is 27.1 Å². The standard InChI is InChI=1S/C22H28F3IN2O5/c1-2-3-8-19(30)28(13-22(23,24)25)16-11-14(21(32)27-9-10-29)12-18(20(16)31)33-17-7-5-4-6-15(17)26/h4-7,12,16,18,20,29,31H,2-3,8-11,13H2,1H3,(H,27,32). The van der Waals surface area contributed by atoms with Crippen LogP contribution in [-0.4, -0.2) is 71.0 Å². The molecule has 7 nitrogen and oxygen atoms in total. The van der Waals surface area contributed by atoms with Crippen LogP contribution in [0, 0.1) is 3.57 Å². The van der Waals surface area contributed by atoms with Crippen LogP contribution < -0.4 is 10.1 Å². The Morgan fingerprint density at radius 2 is 2.00 bits per heavy atom. The number of aliphatic hydroxyl groups excluding tert-OH is 2. The lowest BCUT2D eigenvalue weighted by Crippen LogP contribution is -2.57. The summed E-state index contributed by atoms with van der Waals surface area (Å²) in [4.78, 5) is 25.9. The molecule has 11 heteroatoms. The van der Waals surface area contributed by atoms with Crippen LogP contribution in [0.4, 0.5) is 13.2 Å². The van der Waals surface area contributed by atoms with Gasteiger partial charge in [-0.3, -0.25) is 9.59 Å². The van der Waals surface area contributed by atoms with Crippen molar-refractivity contribution >= 4 is 34.4 Å². The quantitative estimate of drug-likeness (QED) is 0.368. The number of halogens is 4. The zero-order valence-electron chi connectivity index (χ0n) is 18.1. The van der Waals surface area contributed by atoms with Crippen molar-refractivity contribution in [3.63, 3.8) is 0 Å². The number of carbonyl (C=O) groups excluding carboxylic acids is 2. The third-order valence-corrected chi connectivity index (χ3v) is 6.02. The van der Waals surface area contributed by atoms with Crippen molar-refractivity contribution in [3.05, 3.63) is 39.5 Å². The third-order valence-electron chi connectivity index (χ3n) is 5.13. The molecule has 3 atom stereocenters. The summed E-state index contributed by atoms with van der Waals surface area (Å²) in [6.45, 7) is -0.0942. The van der Waals surface area contributed by atoms with E-state index in [0.717, 1.165) is 0 Å². The van der Waals surface area contributed by atoms with Gasteiger partial charge < -0.3 is 25.2 Å². The Balaban J connectivity index is 2.41. The van der Waals surface area contributed by atoms with E-state index in [1.54, 1.807) is 24.3 Å². The Morgan fingerprint density at radius 3 is 2.61 bits per heavy atom. The Labute approximate surface area is 204 Å². The van der Waals surface area contributed by atoms with Gasteiger partial charge in [0.1, 0.15) is 24.5 Å². The summed E-state index contributed by atoms with van der Waals surface area (Å²) in [5.74, 6) is -0.970. The molecule has 1 aliphatic carbocycles. The number of aliphatic hydroxyl groups is 2. The molecule has 0 spiro atoms. The molecule has 0 radical (unpaired) electrons. The lowest BCUT2D eigenvalue weighted by atomic mass is 9.88. The fourth-order valence-corrected chi connectivity index (χ4v) is 4.04. The molecular weight excluding hydrogens is 556 g/mol. The highest BCUT2D eigenvalue weighted by atomic mass is 127. The van der Waals surface area contributed by atoms with Gasteiger partial charge in [-0.25, -0.2) is 0 Å². The van der Waals surface area contributed by atoms with E-state index in [4.69, 9.17) is 9.84 Å². The van der Waals surface area contributed by atoms with E-state index >= 15 is 0 Å². The highest BCUT2D eigenvalue weighted by Gasteiger charge is 2.44. The van der Waals surface area contributed by atoms with Crippen LogP contribution in [0.2, 0.25) is 0 Å². The Kier molecular flexibility index (Phi) is 10.4. The summed E-state index contributed by atoms with van der Waals surface area (Å²) in [5.41, 5.74) is 0.0742. The first-order valence-electron chi connectivity index (χ1n) is 10.6. The molecule has 33 heavy (non-hydrogen) atoms. The number of unbranched alkanes of at least 4 members (excludes halogenated alkanes) is 1. The molecule has 3 N–H and O–H groups in total. The number of hydrogen-bond acceptors (Lipinski definition) is 5. The maximum absolute atomic E-state index is 13.4. The average molecular weight is 584 g/mol. The minimum Gasteiger partial charge on any atom is -0.482 e. The maximum atomic E-state index is 13.4. The molecule has 0 aliphatic heterocycles. The predicted molar refractivity (Wildman–Crippen MR) is 123 cm³/mol. The largest absolute Gasteiger partial charge is 0.482 e. The van der Waals surface area contributed by atoms with E-state index in [9.17, 15) is 27.9 Å². The van der Waals surface area contributed by atoms with Gasteiger partial charge in [0.25, 0.3) is 0 Å². The molecule has 0 fully saturated rings. The number of hydrogen-bond donors (Lipinski definition) is 3.